The Morgan fingerprint density at radius 3 is 2.53 bits per heavy atom. The van der Waals surface area contributed by atoms with E-state index in [4.69, 9.17) is 20.1 Å². The molecule has 2 aromatic carbocycles. The standard InChI is InChI=1S/C28H33N7O/c1-17-19(3)34(5)26-15-21(7-9-22(17)26)31-27-16-24(32-28(33-27)35-10-12-36-13-11-35)20-6-8-23(18(2)29)25(14-20)30-4/h6-9,14-16,29-30H,10-13H2,1-5H3,(H,31,32,33). The fraction of sp³-hybridized carbons (Fsp3) is 0.321. The number of morpholine rings is 1. The second kappa shape index (κ2) is 9.62. The number of nitrogens with one attached hydrogen (secondary N) is 3. The van der Waals surface area contributed by atoms with Gasteiger partial charge in [0.05, 0.1) is 24.4 Å². The molecule has 1 aliphatic rings. The Bertz CT molecular complexity index is 1450. The number of anilines is 4. The van der Waals surface area contributed by atoms with Gasteiger partial charge in [0.15, 0.2) is 0 Å². The van der Waals surface area contributed by atoms with Gasteiger partial charge in [-0.2, -0.15) is 4.98 Å². The van der Waals surface area contributed by atoms with E-state index < -0.39 is 0 Å². The summed E-state index contributed by atoms with van der Waals surface area (Å²) >= 11 is 0. The largest absolute Gasteiger partial charge is 0.388 e. The molecule has 8 nitrogen and oxygen atoms in total. The Hall–Kier alpha value is -3.91. The van der Waals surface area contributed by atoms with Crippen LogP contribution in [0.4, 0.5) is 23.1 Å². The number of hydrogen-bond donors (Lipinski definition) is 3. The van der Waals surface area contributed by atoms with E-state index in [1.165, 1.54) is 22.2 Å². The molecular weight excluding hydrogens is 450 g/mol. The van der Waals surface area contributed by atoms with Crippen LogP contribution in [0.3, 0.4) is 0 Å². The van der Waals surface area contributed by atoms with Crippen LogP contribution in [-0.2, 0) is 11.8 Å². The quantitative estimate of drug-likeness (QED) is 0.324. The summed E-state index contributed by atoms with van der Waals surface area (Å²) in [5.41, 5.74) is 8.84. The molecule has 0 atom stereocenters. The van der Waals surface area contributed by atoms with Crippen LogP contribution in [0.15, 0.2) is 42.5 Å². The normalized spacial score (nSPS) is 13.8. The van der Waals surface area contributed by atoms with E-state index >= 15 is 0 Å². The number of aryl methyl sites for hydroxylation is 2. The third-order valence-corrected chi connectivity index (χ3v) is 7.08. The van der Waals surface area contributed by atoms with E-state index in [9.17, 15) is 0 Å². The third-order valence-electron chi connectivity index (χ3n) is 7.08. The molecule has 0 amide bonds. The Labute approximate surface area is 211 Å². The smallest absolute Gasteiger partial charge is 0.228 e. The predicted molar refractivity (Wildman–Crippen MR) is 148 cm³/mol. The second-order valence-corrected chi connectivity index (χ2v) is 9.30. The molecule has 5 rings (SSSR count). The van der Waals surface area contributed by atoms with E-state index in [2.05, 4.69) is 59.2 Å². The van der Waals surface area contributed by atoms with Crippen LogP contribution < -0.4 is 15.5 Å². The summed E-state index contributed by atoms with van der Waals surface area (Å²) in [5.74, 6) is 1.42. The van der Waals surface area contributed by atoms with Crippen LogP contribution in [-0.4, -0.2) is 53.6 Å². The minimum Gasteiger partial charge on any atom is -0.388 e. The van der Waals surface area contributed by atoms with Gasteiger partial charge in [-0.05, 0) is 44.5 Å². The van der Waals surface area contributed by atoms with Crippen molar-refractivity contribution >= 4 is 39.8 Å². The van der Waals surface area contributed by atoms with Crippen LogP contribution in [0, 0.1) is 19.3 Å². The van der Waals surface area contributed by atoms with Crippen LogP contribution >= 0.6 is 0 Å². The minimum atomic E-state index is 0.520. The van der Waals surface area contributed by atoms with Crippen molar-refractivity contribution in [2.45, 2.75) is 20.8 Å². The lowest BCUT2D eigenvalue weighted by Crippen LogP contribution is -2.37. The van der Waals surface area contributed by atoms with Gasteiger partial charge in [0.1, 0.15) is 5.82 Å². The zero-order valence-electron chi connectivity index (χ0n) is 21.6. The molecule has 1 saturated heterocycles. The Kier molecular flexibility index (Phi) is 6.36. The summed E-state index contributed by atoms with van der Waals surface area (Å²) in [6.45, 7) is 8.95. The van der Waals surface area contributed by atoms with E-state index in [1.54, 1.807) is 6.92 Å². The fourth-order valence-corrected chi connectivity index (χ4v) is 4.77. The van der Waals surface area contributed by atoms with E-state index in [0.717, 1.165) is 47.1 Å². The average molecular weight is 484 g/mol. The van der Waals surface area contributed by atoms with Gasteiger partial charge in [-0.15, -0.1) is 0 Å². The molecule has 36 heavy (non-hydrogen) atoms. The first kappa shape index (κ1) is 23.8. The molecule has 8 heteroatoms. The topological polar surface area (TPSA) is 91.1 Å². The maximum Gasteiger partial charge on any atom is 0.228 e. The first-order chi connectivity index (χ1) is 17.4. The van der Waals surface area contributed by atoms with Gasteiger partial charge in [-0.1, -0.05) is 18.2 Å². The maximum absolute atomic E-state index is 8.07. The van der Waals surface area contributed by atoms with Gasteiger partial charge in [0.25, 0.3) is 0 Å². The van der Waals surface area contributed by atoms with Crippen molar-refractivity contribution in [1.29, 1.82) is 5.41 Å². The Morgan fingerprint density at radius 1 is 1.03 bits per heavy atom. The predicted octanol–water partition coefficient (Wildman–Crippen LogP) is 5.26. The molecule has 2 aromatic heterocycles. The summed E-state index contributed by atoms with van der Waals surface area (Å²) < 4.78 is 7.78. The van der Waals surface area contributed by atoms with Crippen molar-refractivity contribution in [2.24, 2.45) is 7.05 Å². The van der Waals surface area contributed by atoms with Gasteiger partial charge in [-0.3, -0.25) is 0 Å². The highest BCUT2D eigenvalue weighted by Gasteiger charge is 2.18. The summed E-state index contributed by atoms with van der Waals surface area (Å²) in [7, 11) is 3.98. The first-order valence-corrected chi connectivity index (χ1v) is 12.3. The highest BCUT2D eigenvalue weighted by Crippen LogP contribution is 2.31. The van der Waals surface area contributed by atoms with Crippen molar-refractivity contribution in [3.63, 3.8) is 0 Å². The summed E-state index contributed by atoms with van der Waals surface area (Å²) in [4.78, 5) is 12.0. The number of hydrogen-bond acceptors (Lipinski definition) is 7. The lowest BCUT2D eigenvalue weighted by molar-refractivity contribution is 0.122. The molecule has 3 heterocycles. The fourth-order valence-electron chi connectivity index (χ4n) is 4.77. The van der Waals surface area contributed by atoms with Crippen molar-refractivity contribution in [1.82, 2.24) is 14.5 Å². The number of nitrogens with zero attached hydrogens (tertiary/aromatic N) is 4. The first-order valence-electron chi connectivity index (χ1n) is 12.3. The Balaban J connectivity index is 1.57. The van der Waals surface area contributed by atoms with Crippen molar-refractivity contribution in [2.75, 3.05) is 48.9 Å². The molecular formula is C28H33N7O. The lowest BCUT2D eigenvalue weighted by atomic mass is 10.0. The summed E-state index contributed by atoms with van der Waals surface area (Å²) in [6.07, 6.45) is 0. The van der Waals surface area contributed by atoms with Crippen LogP contribution in [0.1, 0.15) is 23.7 Å². The number of aromatic nitrogens is 3. The number of benzene rings is 2. The molecule has 0 bridgehead atoms. The molecule has 0 unspecified atom stereocenters. The lowest BCUT2D eigenvalue weighted by Gasteiger charge is -2.27. The SMILES string of the molecule is CNc1cc(-c2cc(Nc3ccc4c(C)c(C)n(C)c4c3)nc(N3CCOCC3)n2)ccc1C(C)=N. The van der Waals surface area contributed by atoms with E-state index in [-0.39, 0.29) is 0 Å². The second-order valence-electron chi connectivity index (χ2n) is 9.30. The van der Waals surface area contributed by atoms with E-state index in [0.29, 0.717) is 24.9 Å². The number of ether oxygens (including phenoxy) is 1. The minimum absolute atomic E-state index is 0.520. The molecule has 0 saturated carbocycles. The third kappa shape index (κ3) is 4.40. The van der Waals surface area contributed by atoms with Gasteiger partial charge >= 0.3 is 0 Å². The van der Waals surface area contributed by atoms with Gasteiger partial charge in [0.2, 0.25) is 5.95 Å². The highest BCUT2D eigenvalue weighted by molar-refractivity contribution is 6.02. The maximum atomic E-state index is 8.07. The molecule has 0 aliphatic carbocycles. The number of rotatable bonds is 6. The van der Waals surface area contributed by atoms with Crippen LogP contribution in [0.5, 0.6) is 0 Å². The van der Waals surface area contributed by atoms with Gasteiger partial charge < -0.3 is 30.2 Å². The average Bonchev–Trinajstić information content (AvgIpc) is 3.11. The monoisotopic (exact) mass is 483 g/mol. The van der Waals surface area contributed by atoms with Crippen LogP contribution in [0.25, 0.3) is 22.2 Å². The van der Waals surface area contributed by atoms with Crippen molar-refractivity contribution in [3.05, 3.63) is 59.3 Å². The molecule has 0 spiro atoms. The zero-order chi connectivity index (χ0) is 25.4. The molecule has 1 aliphatic heterocycles. The van der Waals surface area contributed by atoms with Gasteiger partial charge in [-0.25, -0.2) is 4.98 Å². The van der Waals surface area contributed by atoms with Crippen molar-refractivity contribution < 1.29 is 4.74 Å². The van der Waals surface area contributed by atoms with Crippen LogP contribution in [0.2, 0.25) is 0 Å². The van der Waals surface area contributed by atoms with Crippen molar-refractivity contribution in [3.8, 4) is 11.3 Å². The zero-order valence-corrected chi connectivity index (χ0v) is 21.6. The molecule has 4 aromatic rings. The highest BCUT2D eigenvalue weighted by atomic mass is 16.5. The molecule has 3 N–H and O–H groups in total. The number of fused-ring (bicyclic) bond motifs is 1. The summed E-state index contributed by atoms with van der Waals surface area (Å²) in [5, 5.41) is 16.1. The Morgan fingerprint density at radius 2 is 1.81 bits per heavy atom. The molecule has 0 radical (unpaired) electrons. The van der Waals surface area contributed by atoms with Gasteiger partial charge in [0, 0.05) is 72.5 Å². The molecule has 186 valence electrons. The summed E-state index contributed by atoms with van der Waals surface area (Å²) in [6, 6.07) is 14.5. The van der Waals surface area contributed by atoms with E-state index in [1.807, 2.05) is 31.3 Å². The molecule has 1 fully saturated rings.